The molecule has 6 heteroatoms. The first-order chi connectivity index (χ1) is 14.0. The Kier molecular flexibility index (Phi) is 5.20. The predicted molar refractivity (Wildman–Crippen MR) is 119 cm³/mol. The number of aryl methyl sites for hydroxylation is 2. The van der Waals surface area contributed by atoms with Crippen LogP contribution in [-0.4, -0.2) is 32.6 Å². The number of carbonyl (C=O) groups excluding carboxylic acids is 1. The Bertz CT molecular complexity index is 1200. The van der Waals surface area contributed by atoms with Crippen LogP contribution in [0, 0.1) is 6.92 Å². The van der Waals surface area contributed by atoms with E-state index in [1.807, 2.05) is 81.7 Å². The highest BCUT2D eigenvalue weighted by molar-refractivity contribution is 9.10. The maximum atomic E-state index is 13.5. The number of halogens is 1. The second-order valence-corrected chi connectivity index (χ2v) is 7.94. The summed E-state index contributed by atoms with van der Waals surface area (Å²) in [5.41, 5.74) is 4.91. The summed E-state index contributed by atoms with van der Waals surface area (Å²) in [6.45, 7) is 2.42. The summed E-state index contributed by atoms with van der Waals surface area (Å²) in [6.07, 6.45) is 0. The zero-order valence-corrected chi connectivity index (χ0v) is 18.1. The van der Waals surface area contributed by atoms with Gasteiger partial charge in [0, 0.05) is 30.7 Å². The van der Waals surface area contributed by atoms with Crippen LogP contribution in [0.3, 0.4) is 0 Å². The van der Waals surface area contributed by atoms with Crippen LogP contribution in [0.1, 0.15) is 21.6 Å². The van der Waals surface area contributed by atoms with E-state index in [1.54, 1.807) is 9.58 Å². The van der Waals surface area contributed by atoms with Crippen LogP contribution >= 0.6 is 15.9 Å². The fraction of sp³-hybridized carbons (Fsp3) is 0.174. The molecule has 0 aliphatic carbocycles. The van der Waals surface area contributed by atoms with Crippen molar-refractivity contribution in [2.45, 2.75) is 13.5 Å². The van der Waals surface area contributed by atoms with Crippen molar-refractivity contribution < 1.29 is 4.79 Å². The molecule has 2 aromatic carbocycles. The quantitative estimate of drug-likeness (QED) is 0.442. The van der Waals surface area contributed by atoms with E-state index in [9.17, 15) is 4.79 Å². The van der Waals surface area contributed by atoms with Gasteiger partial charge in [0.1, 0.15) is 0 Å². The van der Waals surface area contributed by atoms with E-state index in [-0.39, 0.29) is 5.91 Å². The van der Waals surface area contributed by atoms with Crippen molar-refractivity contribution in [2.24, 2.45) is 7.05 Å². The number of hydrogen-bond donors (Lipinski definition) is 0. The lowest BCUT2D eigenvalue weighted by atomic mass is 10.0. The van der Waals surface area contributed by atoms with E-state index in [0.29, 0.717) is 17.8 Å². The van der Waals surface area contributed by atoms with E-state index in [4.69, 9.17) is 4.98 Å². The summed E-state index contributed by atoms with van der Waals surface area (Å²) in [5.74, 6) is -0.0542. The Hall–Kier alpha value is -2.99. The van der Waals surface area contributed by atoms with Gasteiger partial charge in [-0.25, -0.2) is 4.98 Å². The molecule has 0 fully saturated rings. The first-order valence-corrected chi connectivity index (χ1v) is 10.1. The zero-order chi connectivity index (χ0) is 20.5. The molecule has 0 unspecified atom stereocenters. The van der Waals surface area contributed by atoms with Gasteiger partial charge in [0.05, 0.1) is 22.3 Å². The molecule has 0 saturated heterocycles. The lowest BCUT2D eigenvalue weighted by Crippen LogP contribution is -2.26. The van der Waals surface area contributed by atoms with Crippen LogP contribution in [0.4, 0.5) is 0 Å². The van der Waals surface area contributed by atoms with Crippen molar-refractivity contribution in [1.82, 2.24) is 19.7 Å². The topological polar surface area (TPSA) is 51.0 Å². The molecule has 2 heterocycles. The van der Waals surface area contributed by atoms with Crippen LogP contribution in [-0.2, 0) is 13.6 Å². The fourth-order valence-electron chi connectivity index (χ4n) is 3.53. The zero-order valence-electron chi connectivity index (χ0n) is 16.6. The summed E-state index contributed by atoms with van der Waals surface area (Å²) < 4.78 is 2.73. The van der Waals surface area contributed by atoms with Gasteiger partial charge >= 0.3 is 0 Å². The molecule has 1 amide bonds. The van der Waals surface area contributed by atoms with Crippen molar-refractivity contribution in [3.05, 3.63) is 82.0 Å². The average molecular weight is 449 g/mol. The van der Waals surface area contributed by atoms with Crippen molar-refractivity contribution in [1.29, 1.82) is 0 Å². The van der Waals surface area contributed by atoms with Gasteiger partial charge in [0.15, 0.2) is 5.65 Å². The Balaban J connectivity index is 1.81. The number of aromatic nitrogens is 3. The number of hydrogen-bond acceptors (Lipinski definition) is 3. The maximum Gasteiger partial charge on any atom is 0.254 e. The minimum absolute atomic E-state index is 0.0542. The fourth-order valence-corrected chi connectivity index (χ4v) is 3.94. The van der Waals surface area contributed by atoms with Crippen molar-refractivity contribution in [2.75, 3.05) is 7.05 Å². The number of fused-ring (bicyclic) bond motifs is 1. The third-order valence-corrected chi connectivity index (χ3v) is 5.75. The molecular formula is C23H21BrN4O. The predicted octanol–water partition coefficient (Wildman–Crippen LogP) is 4.98. The Morgan fingerprint density at radius 2 is 1.79 bits per heavy atom. The molecule has 29 heavy (non-hydrogen) atoms. The smallest absolute Gasteiger partial charge is 0.254 e. The molecule has 5 nitrogen and oxygen atoms in total. The van der Waals surface area contributed by atoms with E-state index in [1.165, 1.54) is 0 Å². The lowest BCUT2D eigenvalue weighted by Gasteiger charge is -2.19. The highest BCUT2D eigenvalue weighted by Gasteiger charge is 2.22. The second-order valence-electron chi connectivity index (χ2n) is 7.08. The highest BCUT2D eigenvalue weighted by Crippen LogP contribution is 2.28. The van der Waals surface area contributed by atoms with Gasteiger partial charge in [-0.2, -0.15) is 5.10 Å². The lowest BCUT2D eigenvalue weighted by molar-refractivity contribution is 0.0786. The SMILES string of the molecule is Cc1nn(C)c2nc(-c3ccccc3)cc(C(=O)N(C)Cc3ccccc3Br)c12. The summed E-state index contributed by atoms with van der Waals surface area (Å²) in [7, 11) is 3.68. The van der Waals surface area contributed by atoms with Crippen LogP contribution in [0.2, 0.25) is 0 Å². The normalized spacial score (nSPS) is 11.0. The Morgan fingerprint density at radius 3 is 2.52 bits per heavy atom. The molecule has 4 rings (SSSR count). The van der Waals surface area contributed by atoms with Crippen LogP contribution in [0.25, 0.3) is 22.3 Å². The number of pyridine rings is 1. The number of nitrogens with zero attached hydrogens (tertiary/aromatic N) is 4. The molecule has 0 N–H and O–H groups in total. The maximum absolute atomic E-state index is 13.5. The largest absolute Gasteiger partial charge is 0.337 e. The van der Waals surface area contributed by atoms with Gasteiger partial charge in [0.2, 0.25) is 0 Å². The molecule has 0 spiro atoms. The summed E-state index contributed by atoms with van der Waals surface area (Å²) in [4.78, 5) is 20.0. The second kappa shape index (κ2) is 7.79. The molecule has 4 aromatic rings. The van der Waals surface area contributed by atoms with Crippen LogP contribution in [0.5, 0.6) is 0 Å². The molecular weight excluding hydrogens is 428 g/mol. The molecule has 0 aliphatic heterocycles. The molecule has 0 aliphatic rings. The minimum atomic E-state index is -0.0542. The first kappa shape index (κ1) is 19.3. The number of amides is 1. The Morgan fingerprint density at radius 1 is 1.10 bits per heavy atom. The monoisotopic (exact) mass is 448 g/mol. The van der Waals surface area contributed by atoms with Gasteiger partial charge in [-0.3, -0.25) is 9.48 Å². The van der Waals surface area contributed by atoms with Crippen LogP contribution in [0.15, 0.2) is 65.1 Å². The number of carbonyl (C=O) groups is 1. The standard InChI is InChI=1S/C23H21BrN4O/c1-15-21-18(23(29)27(2)14-17-11-7-8-12-19(17)24)13-20(16-9-5-4-6-10-16)25-22(21)28(3)26-15/h4-13H,14H2,1-3H3. The molecule has 0 radical (unpaired) electrons. The van der Waals surface area contributed by atoms with Crippen LogP contribution < -0.4 is 0 Å². The molecule has 0 saturated carbocycles. The van der Waals surface area contributed by atoms with Gasteiger partial charge in [-0.1, -0.05) is 64.5 Å². The first-order valence-electron chi connectivity index (χ1n) is 9.34. The van der Waals surface area contributed by atoms with Crippen molar-refractivity contribution in [3.8, 4) is 11.3 Å². The van der Waals surface area contributed by atoms with Gasteiger partial charge < -0.3 is 4.90 Å². The summed E-state index contributed by atoms with van der Waals surface area (Å²) in [5, 5.41) is 5.30. The summed E-state index contributed by atoms with van der Waals surface area (Å²) in [6, 6.07) is 19.7. The molecule has 2 aromatic heterocycles. The number of rotatable bonds is 4. The van der Waals surface area contributed by atoms with Gasteiger partial charge in [-0.15, -0.1) is 0 Å². The van der Waals surface area contributed by atoms with E-state index in [2.05, 4.69) is 21.0 Å². The third-order valence-electron chi connectivity index (χ3n) is 4.98. The van der Waals surface area contributed by atoms with E-state index in [0.717, 1.165) is 32.4 Å². The van der Waals surface area contributed by atoms with Crippen molar-refractivity contribution >= 4 is 32.9 Å². The Labute approximate surface area is 178 Å². The van der Waals surface area contributed by atoms with Gasteiger partial charge in [-0.05, 0) is 24.6 Å². The van der Waals surface area contributed by atoms with E-state index < -0.39 is 0 Å². The summed E-state index contributed by atoms with van der Waals surface area (Å²) >= 11 is 3.57. The van der Waals surface area contributed by atoms with E-state index >= 15 is 0 Å². The van der Waals surface area contributed by atoms with Crippen molar-refractivity contribution in [3.63, 3.8) is 0 Å². The third kappa shape index (κ3) is 3.68. The minimum Gasteiger partial charge on any atom is -0.337 e. The average Bonchev–Trinajstić information content (AvgIpc) is 3.03. The number of benzene rings is 2. The molecule has 146 valence electrons. The van der Waals surface area contributed by atoms with Gasteiger partial charge in [0.25, 0.3) is 5.91 Å². The molecule has 0 atom stereocenters. The highest BCUT2D eigenvalue weighted by atomic mass is 79.9. The molecule has 0 bridgehead atoms.